The first-order valence-electron chi connectivity index (χ1n) is 4.61. The van der Waals surface area contributed by atoms with Crippen LogP contribution in [0.4, 0.5) is 17.6 Å². The lowest BCUT2D eigenvalue weighted by atomic mass is 10.0. The van der Waals surface area contributed by atoms with Crippen molar-refractivity contribution in [2.75, 3.05) is 7.11 Å². The highest BCUT2D eigenvalue weighted by Gasteiger charge is 2.43. The highest BCUT2D eigenvalue weighted by molar-refractivity contribution is 5.32. The molecule has 0 fully saturated rings. The molecule has 0 radical (unpaired) electrons. The summed E-state index contributed by atoms with van der Waals surface area (Å²) in [6, 6.07) is 1.29. The third-order valence-corrected chi connectivity index (χ3v) is 2.24. The normalized spacial score (nSPS) is 15.5. The summed E-state index contributed by atoms with van der Waals surface area (Å²) < 4.78 is 54.7. The van der Waals surface area contributed by atoms with Crippen LogP contribution in [0.3, 0.4) is 0 Å². The summed E-state index contributed by atoms with van der Waals surface area (Å²) >= 11 is 0. The van der Waals surface area contributed by atoms with Gasteiger partial charge in [0.1, 0.15) is 11.6 Å². The molecule has 96 valence electrons. The minimum Gasteiger partial charge on any atom is -0.497 e. The second-order valence-electron chi connectivity index (χ2n) is 3.40. The fourth-order valence-electron chi connectivity index (χ4n) is 1.28. The molecule has 3 N–H and O–H groups in total. The first-order valence-corrected chi connectivity index (χ1v) is 4.61. The van der Waals surface area contributed by atoms with E-state index in [1.807, 2.05) is 0 Å². The van der Waals surface area contributed by atoms with Gasteiger partial charge in [-0.25, -0.2) is 4.39 Å². The van der Waals surface area contributed by atoms with Crippen LogP contribution in [0.2, 0.25) is 0 Å². The third-order valence-electron chi connectivity index (χ3n) is 2.24. The molecule has 0 aliphatic heterocycles. The first-order chi connectivity index (χ1) is 7.77. The lowest BCUT2D eigenvalue weighted by molar-refractivity contribution is -0.210. The van der Waals surface area contributed by atoms with Crippen LogP contribution in [0.15, 0.2) is 18.2 Å². The lowest BCUT2D eigenvalue weighted by Crippen LogP contribution is -2.39. The van der Waals surface area contributed by atoms with Gasteiger partial charge in [0.05, 0.1) is 13.2 Å². The monoisotopic (exact) mass is 253 g/mol. The zero-order valence-corrected chi connectivity index (χ0v) is 8.83. The van der Waals surface area contributed by atoms with Crippen LogP contribution in [-0.4, -0.2) is 24.5 Å². The van der Waals surface area contributed by atoms with Crippen LogP contribution >= 0.6 is 0 Å². The van der Waals surface area contributed by atoms with Gasteiger partial charge >= 0.3 is 6.18 Å². The summed E-state index contributed by atoms with van der Waals surface area (Å²) in [7, 11) is 1.28. The summed E-state index contributed by atoms with van der Waals surface area (Å²) in [6.45, 7) is 0. The molecule has 0 saturated heterocycles. The molecule has 1 aromatic carbocycles. The molecule has 0 spiro atoms. The Hall–Kier alpha value is -1.34. The number of aliphatic hydroxyl groups is 1. The van der Waals surface area contributed by atoms with Gasteiger partial charge in [0, 0.05) is 5.56 Å². The third kappa shape index (κ3) is 3.07. The van der Waals surface area contributed by atoms with E-state index in [0.717, 1.165) is 12.1 Å². The van der Waals surface area contributed by atoms with Gasteiger partial charge in [0.15, 0.2) is 6.10 Å². The van der Waals surface area contributed by atoms with Gasteiger partial charge in [-0.1, -0.05) is 0 Å². The Kier molecular flexibility index (Phi) is 3.94. The second kappa shape index (κ2) is 4.89. The zero-order valence-electron chi connectivity index (χ0n) is 8.83. The highest BCUT2D eigenvalue weighted by Crippen LogP contribution is 2.31. The number of benzene rings is 1. The molecule has 0 unspecified atom stereocenters. The SMILES string of the molecule is COc1ccc(F)c([C@@H](N)[C@@H](O)C(F)(F)F)c1. The standard InChI is InChI=1S/C10H11F4NO2/c1-17-5-2-3-7(11)6(4-5)8(15)9(16)10(12,13)14/h2-4,8-9,16H,15H2,1H3/t8-,9-/m1/s1. The summed E-state index contributed by atoms with van der Waals surface area (Å²) in [4.78, 5) is 0. The van der Waals surface area contributed by atoms with E-state index < -0.39 is 29.7 Å². The molecule has 0 aliphatic carbocycles. The maximum absolute atomic E-state index is 13.3. The number of hydrogen-bond acceptors (Lipinski definition) is 3. The molecule has 7 heteroatoms. The van der Waals surface area contributed by atoms with Crippen molar-refractivity contribution in [1.82, 2.24) is 0 Å². The van der Waals surface area contributed by atoms with Crippen LogP contribution in [0.5, 0.6) is 5.75 Å². The molecule has 0 saturated carbocycles. The van der Waals surface area contributed by atoms with E-state index in [-0.39, 0.29) is 5.75 Å². The molecular formula is C10H11F4NO2. The Bertz CT molecular complexity index is 394. The summed E-state index contributed by atoms with van der Waals surface area (Å²) in [5.74, 6) is -0.771. The molecule has 3 nitrogen and oxygen atoms in total. The number of rotatable bonds is 3. The van der Waals surface area contributed by atoms with Gasteiger partial charge < -0.3 is 15.6 Å². The smallest absolute Gasteiger partial charge is 0.416 e. The Morgan fingerprint density at radius 3 is 2.41 bits per heavy atom. The summed E-state index contributed by atoms with van der Waals surface area (Å²) in [5.41, 5.74) is 4.73. The van der Waals surface area contributed by atoms with E-state index in [1.54, 1.807) is 0 Å². The quantitative estimate of drug-likeness (QED) is 0.807. The van der Waals surface area contributed by atoms with E-state index in [1.165, 1.54) is 13.2 Å². The van der Waals surface area contributed by atoms with E-state index in [9.17, 15) is 17.6 Å². The van der Waals surface area contributed by atoms with Gasteiger partial charge in [-0.2, -0.15) is 13.2 Å². The van der Waals surface area contributed by atoms with Crippen molar-refractivity contribution in [2.24, 2.45) is 5.73 Å². The van der Waals surface area contributed by atoms with Gasteiger partial charge in [-0.3, -0.25) is 0 Å². The summed E-state index contributed by atoms with van der Waals surface area (Å²) in [5, 5.41) is 8.94. The van der Waals surface area contributed by atoms with Crippen LogP contribution in [0.1, 0.15) is 11.6 Å². The van der Waals surface area contributed by atoms with E-state index in [4.69, 9.17) is 15.6 Å². The number of alkyl halides is 3. The number of ether oxygens (including phenoxy) is 1. The van der Waals surface area contributed by atoms with Gasteiger partial charge in [0.25, 0.3) is 0 Å². The topological polar surface area (TPSA) is 55.5 Å². The van der Waals surface area contributed by atoms with Crippen molar-refractivity contribution >= 4 is 0 Å². The van der Waals surface area contributed by atoms with Crippen molar-refractivity contribution in [3.05, 3.63) is 29.6 Å². The molecule has 0 heterocycles. The molecule has 0 amide bonds. The minimum atomic E-state index is -4.91. The largest absolute Gasteiger partial charge is 0.497 e. The lowest BCUT2D eigenvalue weighted by Gasteiger charge is -2.22. The molecule has 0 aliphatic rings. The molecule has 0 bridgehead atoms. The Balaban J connectivity index is 3.07. The maximum Gasteiger partial charge on any atom is 0.416 e. The van der Waals surface area contributed by atoms with Crippen molar-refractivity contribution in [3.8, 4) is 5.75 Å². The Morgan fingerprint density at radius 1 is 1.35 bits per heavy atom. The molecular weight excluding hydrogens is 242 g/mol. The Labute approximate surface area is 94.8 Å². The van der Waals surface area contributed by atoms with E-state index in [0.29, 0.717) is 0 Å². The molecule has 2 atom stereocenters. The van der Waals surface area contributed by atoms with E-state index >= 15 is 0 Å². The summed E-state index contributed by atoms with van der Waals surface area (Å²) in [6.07, 6.45) is -7.74. The fourth-order valence-corrected chi connectivity index (χ4v) is 1.28. The first kappa shape index (κ1) is 13.7. The number of aliphatic hydroxyl groups excluding tert-OH is 1. The fraction of sp³-hybridized carbons (Fsp3) is 0.400. The zero-order chi connectivity index (χ0) is 13.2. The molecule has 17 heavy (non-hydrogen) atoms. The van der Waals surface area contributed by atoms with Gasteiger partial charge in [0.2, 0.25) is 0 Å². The highest BCUT2D eigenvalue weighted by atomic mass is 19.4. The van der Waals surface area contributed by atoms with Gasteiger partial charge in [-0.05, 0) is 18.2 Å². The predicted octanol–water partition coefficient (Wildman–Crippen LogP) is 1.76. The van der Waals surface area contributed by atoms with Crippen LogP contribution < -0.4 is 10.5 Å². The number of nitrogens with two attached hydrogens (primary N) is 1. The van der Waals surface area contributed by atoms with Crippen molar-refractivity contribution in [3.63, 3.8) is 0 Å². The number of hydrogen-bond donors (Lipinski definition) is 2. The minimum absolute atomic E-state index is 0.159. The maximum atomic E-state index is 13.3. The van der Waals surface area contributed by atoms with Gasteiger partial charge in [-0.15, -0.1) is 0 Å². The van der Waals surface area contributed by atoms with Crippen molar-refractivity contribution in [2.45, 2.75) is 18.3 Å². The predicted molar refractivity (Wildman–Crippen MR) is 51.9 cm³/mol. The molecule has 0 aromatic heterocycles. The average Bonchev–Trinajstić information content (AvgIpc) is 2.26. The van der Waals surface area contributed by atoms with Crippen LogP contribution in [0.25, 0.3) is 0 Å². The number of halogens is 4. The second-order valence-corrected chi connectivity index (χ2v) is 3.40. The van der Waals surface area contributed by atoms with Crippen LogP contribution in [-0.2, 0) is 0 Å². The van der Waals surface area contributed by atoms with Crippen LogP contribution in [0, 0.1) is 5.82 Å². The van der Waals surface area contributed by atoms with E-state index in [2.05, 4.69) is 0 Å². The Morgan fingerprint density at radius 2 is 1.94 bits per heavy atom. The van der Waals surface area contributed by atoms with Crippen molar-refractivity contribution < 1.29 is 27.4 Å². The average molecular weight is 253 g/mol. The van der Waals surface area contributed by atoms with Crippen molar-refractivity contribution in [1.29, 1.82) is 0 Å². The molecule has 1 rings (SSSR count). The molecule has 1 aromatic rings. The number of methoxy groups -OCH3 is 1.